The lowest BCUT2D eigenvalue weighted by Gasteiger charge is -2.18. The van der Waals surface area contributed by atoms with Gasteiger partial charge in [0.25, 0.3) is 0 Å². The summed E-state index contributed by atoms with van der Waals surface area (Å²) in [6, 6.07) is 0. The summed E-state index contributed by atoms with van der Waals surface area (Å²) in [6.07, 6.45) is 26.9. The number of carbonyl (C=O) groups is 2. The fourth-order valence-electron chi connectivity index (χ4n) is 5.72. The number of carboxylic acids is 1. The molecule has 40 heavy (non-hydrogen) atoms. The second kappa shape index (κ2) is 29.2. The van der Waals surface area contributed by atoms with Gasteiger partial charge in [-0.3, -0.25) is 4.79 Å². The summed E-state index contributed by atoms with van der Waals surface area (Å²) in [5.74, 6) is 0.406. The summed E-state index contributed by atoms with van der Waals surface area (Å²) in [7, 11) is 0. The Morgan fingerprint density at radius 2 is 0.950 bits per heavy atom. The van der Waals surface area contributed by atoms with Crippen LogP contribution in [0.15, 0.2) is 0 Å². The van der Waals surface area contributed by atoms with Crippen LogP contribution in [-0.4, -0.2) is 30.4 Å². The Kier molecular flexibility index (Phi) is 28.3. The van der Waals surface area contributed by atoms with Gasteiger partial charge in [0, 0.05) is 0 Å². The standard InChI is InChI=1S/C35H68O5/c1-5-9-13-17-25-32(23-12-8-4)30-40-35(38)39-29-20-16-15-18-24-31(22-11-7-3)26-21-28-33(34(36)37)27-19-14-10-6-2/h31-33H,5-30H2,1-4H3,(H,36,37). The molecule has 0 rings (SSSR count). The molecule has 0 aromatic rings. The highest BCUT2D eigenvalue weighted by molar-refractivity contribution is 5.69. The summed E-state index contributed by atoms with van der Waals surface area (Å²) in [5, 5.41) is 9.61. The highest BCUT2D eigenvalue weighted by atomic mass is 16.7. The number of rotatable bonds is 30. The molecule has 3 unspecified atom stereocenters. The zero-order valence-corrected chi connectivity index (χ0v) is 27.2. The van der Waals surface area contributed by atoms with Crippen LogP contribution in [0.25, 0.3) is 0 Å². The SMILES string of the molecule is CCCCCCC(CCCC)COC(=O)OCCCCCCC(CCCC)CCCC(CCCCCC)C(=O)O. The van der Waals surface area contributed by atoms with E-state index >= 15 is 0 Å². The predicted octanol–water partition coefficient (Wildman–Crippen LogP) is 11.5. The topological polar surface area (TPSA) is 72.8 Å². The van der Waals surface area contributed by atoms with Gasteiger partial charge < -0.3 is 14.6 Å². The van der Waals surface area contributed by atoms with Crippen molar-refractivity contribution in [2.45, 2.75) is 182 Å². The number of carbonyl (C=O) groups excluding carboxylic acids is 1. The first kappa shape index (κ1) is 38.7. The van der Waals surface area contributed by atoms with Crippen LogP contribution < -0.4 is 0 Å². The first-order chi connectivity index (χ1) is 19.5. The van der Waals surface area contributed by atoms with Crippen molar-refractivity contribution in [2.75, 3.05) is 13.2 Å². The molecule has 0 saturated heterocycles. The van der Waals surface area contributed by atoms with Crippen LogP contribution in [0.3, 0.4) is 0 Å². The van der Waals surface area contributed by atoms with Gasteiger partial charge in [0.05, 0.1) is 19.1 Å². The minimum absolute atomic E-state index is 0.164. The van der Waals surface area contributed by atoms with Crippen molar-refractivity contribution in [2.24, 2.45) is 17.8 Å². The number of aliphatic carboxylic acids is 1. The monoisotopic (exact) mass is 569 g/mol. The molecule has 238 valence electrons. The third-order valence-electron chi connectivity index (χ3n) is 8.48. The van der Waals surface area contributed by atoms with Crippen LogP contribution in [0, 0.1) is 17.8 Å². The Hall–Kier alpha value is -1.26. The highest BCUT2D eigenvalue weighted by Gasteiger charge is 2.18. The van der Waals surface area contributed by atoms with Gasteiger partial charge in [0.2, 0.25) is 0 Å². The fraction of sp³-hybridized carbons (Fsp3) is 0.943. The normalized spacial score (nSPS) is 13.6. The molecule has 5 nitrogen and oxygen atoms in total. The van der Waals surface area contributed by atoms with Gasteiger partial charge in [-0.25, -0.2) is 4.79 Å². The second-order valence-electron chi connectivity index (χ2n) is 12.3. The minimum atomic E-state index is -0.605. The van der Waals surface area contributed by atoms with Crippen LogP contribution in [-0.2, 0) is 14.3 Å². The summed E-state index contributed by atoms with van der Waals surface area (Å²) < 4.78 is 10.8. The molecule has 0 aromatic carbocycles. The van der Waals surface area contributed by atoms with Gasteiger partial charge in [0.15, 0.2) is 0 Å². The number of unbranched alkanes of at least 4 members (excludes halogenated alkanes) is 11. The third-order valence-corrected chi connectivity index (χ3v) is 8.48. The molecule has 0 aliphatic carbocycles. The van der Waals surface area contributed by atoms with Gasteiger partial charge in [0.1, 0.15) is 0 Å². The number of ether oxygens (including phenoxy) is 2. The average Bonchev–Trinajstić information content (AvgIpc) is 2.94. The first-order valence-electron chi connectivity index (χ1n) is 17.5. The lowest BCUT2D eigenvalue weighted by molar-refractivity contribution is -0.142. The van der Waals surface area contributed by atoms with Gasteiger partial charge in [-0.05, 0) is 43.9 Å². The second-order valence-corrected chi connectivity index (χ2v) is 12.3. The van der Waals surface area contributed by atoms with Crippen LogP contribution in [0.5, 0.6) is 0 Å². The average molecular weight is 569 g/mol. The molecular weight excluding hydrogens is 500 g/mol. The summed E-state index contributed by atoms with van der Waals surface area (Å²) in [6.45, 7) is 9.83. The van der Waals surface area contributed by atoms with E-state index in [4.69, 9.17) is 9.47 Å². The molecule has 5 heteroatoms. The van der Waals surface area contributed by atoms with Gasteiger partial charge >= 0.3 is 12.1 Å². The first-order valence-corrected chi connectivity index (χ1v) is 17.5. The van der Waals surface area contributed by atoms with E-state index in [2.05, 4.69) is 27.7 Å². The van der Waals surface area contributed by atoms with E-state index in [0.717, 1.165) is 70.6 Å². The van der Waals surface area contributed by atoms with Crippen molar-refractivity contribution in [1.82, 2.24) is 0 Å². The fourth-order valence-corrected chi connectivity index (χ4v) is 5.72. The summed E-state index contributed by atoms with van der Waals surface area (Å²) in [4.78, 5) is 23.7. The van der Waals surface area contributed by atoms with Crippen molar-refractivity contribution in [3.8, 4) is 0 Å². The largest absolute Gasteiger partial charge is 0.508 e. The number of hydrogen-bond donors (Lipinski definition) is 1. The predicted molar refractivity (Wildman–Crippen MR) is 169 cm³/mol. The molecule has 0 aromatic heterocycles. The van der Waals surface area contributed by atoms with E-state index in [1.165, 1.54) is 83.5 Å². The summed E-state index contributed by atoms with van der Waals surface area (Å²) >= 11 is 0. The van der Waals surface area contributed by atoms with Gasteiger partial charge in [-0.2, -0.15) is 0 Å². The van der Waals surface area contributed by atoms with E-state index in [1.54, 1.807) is 0 Å². The van der Waals surface area contributed by atoms with Crippen LogP contribution in [0.1, 0.15) is 182 Å². The molecule has 0 fully saturated rings. The Morgan fingerprint density at radius 3 is 1.55 bits per heavy atom. The molecule has 1 N–H and O–H groups in total. The van der Waals surface area contributed by atoms with E-state index < -0.39 is 12.1 Å². The van der Waals surface area contributed by atoms with E-state index in [9.17, 15) is 14.7 Å². The minimum Gasteiger partial charge on any atom is -0.481 e. The molecule has 0 bridgehead atoms. The molecule has 0 saturated carbocycles. The van der Waals surface area contributed by atoms with Crippen LogP contribution in [0.2, 0.25) is 0 Å². The molecule has 0 amide bonds. The van der Waals surface area contributed by atoms with Crippen molar-refractivity contribution < 1.29 is 24.2 Å². The molecule has 0 heterocycles. The highest BCUT2D eigenvalue weighted by Crippen LogP contribution is 2.26. The zero-order chi connectivity index (χ0) is 29.7. The van der Waals surface area contributed by atoms with Crippen molar-refractivity contribution >= 4 is 12.1 Å². The van der Waals surface area contributed by atoms with E-state index in [-0.39, 0.29) is 5.92 Å². The molecule has 0 aliphatic heterocycles. The van der Waals surface area contributed by atoms with Gasteiger partial charge in [-0.15, -0.1) is 0 Å². The lowest BCUT2D eigenvalue weighted by atomic mass is 9.88. The van der Waals surface area contributed by atoms with Crippen molar-refractivity contribution in [1.29, 1.82) is 0 Å². The van der Waals surface area contributed by atoms with Gasteiger partial charge in [-0.1, -0.05) is 150 Å². The Labute approximate surface area is 248 Å². The van der Waals surface area contributed by atoms with Crippen LogP contribution in [0.4, 0.5) is 4.79 Å². The number of carboxylic acid groups (broad SMARTS) is 1. The summed E-state index contributed by atoms with van der Waals surface area (Å²) in [5.41, 5.74) is 0. The smallest absolute Gasteiger partial charge is 0.481 e. The zero-order valence-electron chi connectivity index (χ0n) is 27.2. The molecule has 0 aliphatic rings. The third kappa shape index (κ3) is 24.5. The maximum Gasteiger partial charge on any atom is 0.508 e. The van der Waals surface area contributed by atoms with E-state index in [1.807, 2.05) is 0 Å². The Balaban J connectivity index is 4.10. The molecular formula is C35H68O5. The Bertz CT molecular complexity index is 564. The van der Waals surface area contributed by atoms with E-state index in [0.29, 0.717) is 25.0 Å². The number of hydrogen-bond acceptors (Lipinski definition) is 4. The Morgan fingerprint density at radius 1 is 0.500 bits per heavy atom. The molecule has 3 atom stereocenters. The molecule has 0 radical (unpaired) electrons. The lowest BCUT2D eigenvalue weighted by Crippen LogP contribution is -2.16. The maximum atomic E-state index is 12.1. The van der Waals surface area contributed by atoms with Crippen molar-refractivity contribution in [3.63, 3.8) is 0 Å². The maximum absolute atomic E-state index is 12.1. The quantitative estimate of drug-likeness (QED) is 0.0689. The molecule has 0 spiro atoms. The van der Waals surface area contributed by atoms with Crippen molar-refractivity contribution in [3.05, 3.63) is 0 Å². The van der Waals surface area contributed by atoms with Crippen LogP contribution >= 0.6 is 0 Å².